The van der Waals surface area contributed by atoms with Crippen LogP contribution in [0, 0.1) is 0 Å². The van der Waals surface area contributed by atoms with E-state index in [1.807, 2.05) is 7.05 Å². The van der Waals surface area contributed by atoms with Gasteiger partial charge in [-0.05, 0) is 61.4 Å². The Bertz CT molecular complexity index is 1300. The van der Waals surface area contributed by atoms with Gasteiger partial charge in [0.1, 0.15) is 5.69 Å². The Morgan fingerprint density at radius 3 is 2.46 bits per heavy atom. The lowest BCUT2D eigenvalue weighted by Crippen LogP contribution is -2.34. The molecule has 196 valence electrons. The summed E-state index contributed by atoms with van der Waals surface area (Å²) < 4.78 is 41.2. The van der Waals surface area contributed by atoms with Crippen LogP contribution < -0.4 is 15.5 Å². The van der Waals surface area contributed by atoms with E-state index >= 15 is 0 Å². The topological polar surface area (TPSA) is 86.6 Å². The molecule has 3 aromatic rings. The van der Waals surface area contributed by atoms with Gasteiger partial charge in [-0.3, -0.25) is 0 Å². The number of anilines is 3. The Balaban J connectivity index is 1.65. The second-order valence-electron chi connectivity index (χ2n) is 8.94. The SMILES string of the molecule is CN(c1ccc(-n2cccc2C(=O)O)cc1NC(=O)Nc1ccc(Cl)c(C(F)(F)F)c1)C1CCCCC1. The monoisotopic (exact) mass is 534 g/mol. The number of carbonyl (C=O) groups excluding carboxylic acids is 1. The fourth-order valence-electron chi connectivity index (χ4n) is 4.63. The van der Waals surface area contributed by atoms with Gasteiger partial charge < -0.3 is 25.2 Å². The van der Waals surface area contributed by atoms with Crippen molar-refractivity contribution in [1.82, 2.24) is 4.57 Å². The predicted octanol–water partition coefficient (Wildman–Crippen LogP) is 7.26. The molecule has 7 nitrogen and oxygen atoms in total. The van der Waals surface area contributed by atoms with Crippen LogP contribution in [0.3, 0.4) is 0 Å². The van der Waals surface area contributed by atoms with E-state index in [1.54, 1.807) is 30.5 Å². The van der Waals surface area contributed by atoms with Crippen LogP contribution in [0.25, 0.3) is 5.69 Å². The van der Waals surface area contributed by atoms with Gasteiger partial charge in [-0.2, -0.15) is 13.2 Å². The van der Waals surface area contributed by atoms with Gasteiger partial charge in [0.2, 0.25) is 0 Å². The number of carboxylic acids is 1. The molecule has 1 heterocycles. The van der Waals surface area contributed by atoms with Gasteiger partial charge in [0.15, 0.2) is 0 Å². The molecule has 2 aromatic carbocycles. The smallest absolute Gasteiger partial charge is 0.417 e. The molecule has 0 bridgehead atoms. The number of amides is 2. The van der Waals surface area contributed by atoms with Crippen LogP contribution in [-0.2, 0) is 6.18 Å². The average Bonchev–Trinajstić information content (AvgIpc) is 3.35. The summed E-state index contributed by atoms with van der Waals surface area (Å²) in [6.07, 6.45) is 2.28. The maximum absolute atomic E-state index is 13.2. The van der Waals surface area contributed by atoms with Crippen LogP contribution in [0.15, 0.2) is 54.7 Å². The Morgan fingerprint density at radius 1 is 1.05 bits per heavy atom. The molecule has 2 amide bonds. The molecule has 1 aliphatic carbocycles. The van der Waals surface area contributed by atoms with Gasteiger partial charge >= 0.3 is 18.2 Å². The van der Waals surface area contributed by atoms with Crippen molar-refractivity contribution < 1.29 is 27.9 Å². The zero-order valence-corrected chi connectivity index (χ0v) is 20.7. The number of rotatable bonds is 6. The number of carboxylic acid groups (broad SMARTS) is 1. The van der Waals surface area contributed by atoms with Gasteiger partial charge in [0.25, 0.3) is 0 Å². The van der Waals surface area contributed by atoms with Gasteiger partial charge in [0, 0.05) is 30.7 Å². The molecule has 1 aromatic heterocycles. The lowest BCUT2D eigenvalue weighted by Gasteiger charge is -2.34. The third kappa shape index (κ3) is 6.02. The molecule has 1 aliphatic rings. The molecule has 0 unspecified atom stereocenters. The molecule has 1 saturated carbocycles. The van der Waals surface area contributed by atoms with Gasteiger partial charge in [-0.15, -0.1) is 0 Å². The third-order valence-corrected chi connectivity index (χ3v) is 6.84. The highest BCUT2D eigenvalue weighted by Crippen LogP contribution is 2.37. The van der Waals surface area contributed by atoms with Crippen molar-refractivity contribution in [3.63, 3.8) is 0 Å². The van der Waals surface area contributed by atoms with E-state index in [2.05, 4.69) is 15.5 Å². The largest absolute Gasteiger partial charge is 0.477 e. The van der Waals surface area contributed by atoms with Crippen LogP contribution in [-0.4, -0.2) is 34.8 Å². The second kappa shape index (κ2) is 10.8. The van der Waals surface area contributed by atoms with Crippen molar-refractivity contribution in [3.8, 4) is 5.69 Å². The van der Waals surface area contributed by atoms with Crippen LogP contribution in [0.2, 0.25) is 5.02 Å². The Labute approximate surface area is 216 Å². The van der Waals surface area contributed by atoms with Crippen molar-refractivity contribution in [1.29, 1.82) is 0 Å². The summed E-state index contributed by atoms with van der Waals surface area (Å²) in [4.78, 5) is 26.6. The summed E-state index contributed by atoms with van der Waals surface area (Å²) in [5, 5.41) is 14.2. The maximum Gasteiger partial charge on any atom is 0.417 e. The molecule has 0 spiro atoms. The lowest BCUT2D eigenvalue weighted by atomic mass is 9.94. The van der Waals surface area contributed by atoms with Crippen molar-refractivity contribution in [2.45, 2.75) is 44.3 Å². The normalized spacial score (nSPS) is 14.3. The number of aromatic nitrogens is 1. The first-order valence-electron chi connectivity index (χ1n) is 11.8. The fraction of sp³-hybridized carbons (Fsp3) is 0.308. The fourth-order valence-corrected chi connectivity index (χ4v) is 4.86. The number of carbonyl (C=O) groups is 2. The summed E-state index contributed by atoms with van der Waals surface area (Å²) in [6, 6.07) is 10.9. The van der Waals surface area contributed by atoms with Crippen molar-refractivity contribution in [3.05, 3.63) is 71.0 Å². The zero-order valence-electron chi connectivity index (χ0n) is 20.0. The number of nitrogens with zero attached hydrogens (tertiary/aromatic N) is 2. The van der Waals surface area contributed by atoms with Crippen LogP contribution in [0.5, 0.6) is 0 Å². The highest BCUT2D eigenvalue weighted by atomic mass is 35.5. The Hall–Kier alpha value is -3.66. The summed E-state index contributed by atoms with van der Waals surface area (Å²) >= 11 is 5.68. The predicted molar refractivity (Wildman–Crippen MR) is 137 cm³/mol. The number of benzene rings is 2. The minimum absolute atomic E-state index is 0.0460. The summed E-state index contributed by atoms with van der Waals surface area (Å²) in [5.74, 6) is -1.11. The molecule has 4 rings (SSSR count). The summed E-state index contributed by atoms with van der Waals surface area (Å²) in [7, 11) is 1.93. The lowest BCUT2D eigenvalue weighted by molar-refractivity contribution is -0.137. The maximum atomic E-state index is 13.2. The molecule has 0 aliphatic heterocycles. The molecule has 0 atom stereocenters. The number of urea groups is 1. The third-order valence-electron chi connectivity index (χ3n) is 6.51. The highest BCUT2D eigenvalue weighted by molar-refractivity contribution is 6.31. The van der Waals surface area contributed by atoms with Crippen LogP contribution >= 0.6 is 11.6 Å². The first-order valence-corrected chi connectivity index (χ1v) is 12.1. The average molecular weight is 535 g/mol. The second-order valence-corrected chi connectivity index (χ2v) is 9.35. The first kappa shape index (κ1) is 26.4. The van der Waals surface area contributed by atoms with E-state index < -0.39 is 28.8 Å². The first-order chi connectivity index (χ1) is 17.5. The minimum atomic E-state index is -4.67. The summed E-state index contributed by atoms with van der Waals surface area (Å²) in [6.45, 7) is 0. The molecule has 0 radical (unpaired) electrons. The molecule has 11 heteroatoms. The molecule has 0 saturated heterocycles. The van der Waals surface area contributed by atoms with Gasteiger partial charge in [-0.25, -0.2) is 9.59 Å². The van der Waals surface area contributed by atoms with E-state index in [0.717, 1.165) is 37.8 Å². The highest BCUT2D eigenvalue weighted by Gasteiger charge is 2.33. The molecular formula is C26H26ClF3N4O3. The standard InChI is InChI=1S/C26H26ClF3N4O3/c1-33(17-6-3-2-4-7-17)22-12-10-18(34-13-5-8-23(34)24(35)36)15-21(22)32-25(37)31-16-9-11-20(27)19(14-16)26(28,29)30/h5,8-15,17H,2-4,6-7H2,1H3,(H,35,36)(H2,31,32,37). The quantitative estimate of drug-likeness (QED) is 0.310. The van der Waals surface area contributed by atoms with E-state index in [1.165, 1.54) is 23.1 Å². The van der Waals surface area contributed by atoms with Crippen molar-refractivity contribution in [2.24, 2.45) is 0 Å². The number of halogens is 4. The molecule has 3 N–H and O–H groups in total. The molecular weight excluding hydrogens is 509 g/mol. The summed E-state index contributed by atoms with van der Waals surface area (Å²) in [5.41, 5.74) is 0.514. The number of alkyl halides is 3. The number of nitrogens with one attached hydrogen (secondary N) is 2. The van der Waals surface area contributed by atoms with Crippen molar-refractivity contribution >= 4 is 40.7 Å². The van der Waals surface area contributed by atoms with Crippen molar-refractivity contribution in [2.75, 3.05) is 22.6 Å². The zero-order chi connectivity index (χ0) is 26.7. The van der Waals surface area contributed by atoms with E-state index in [-0.39, 0.29) is 17.4 Å². The molecule has 1 fully saturated rings. The van der Waals surface area contributed by atoms with Gasteiger partial charge in [-0.1, -0.05) is 30.9 Å². The van der Waals surface area contributed by atoms with E-state index in [4.69, 9.17) is 11.6 Å². The van der Waals surface area contributed by atoms with Crippen LogP contribution in [0.4, 0.5) is 35.0 Å². The Kier molecular flexibility index (Phi) is 7.68. The number of aromatic carboxylic acids is 1. The van der Waals surface area contributed by atoms with E-state index in [0.29, 0.717) is 17.1 Å². The molecule has 37 heavy (non-hydrogen) atoms. The Morgan fingerprint density at radius 2 is 1.78 bits per heavy atom. The number of hydrogen-bond acceptors (Lipinski definition) is 3. The van der Waals surface area contributed by atoms with E-state index in [9.17, 15) is 27.9 Å². The number of hydrogen-bond donors (Lipinski definition) is 3. The van der Waals surface area contributed by atoms with Crippen LogP contribution in [0.1, 0.15) is 48.2 Å². The minimum Gasteiger partial charge on any atom is -0.477 e. The van der Waals surface area contributed by atoms with Gasteiger partial charge in [0.05, 0.1) is 22.0 Å².